The van der Waals surface area contributed by atoms with Crippen molar-refractivity contribution in [2.45, 2.75) is 31.7 Å². The molecule has 0 spiro atoms. The van der Waals surface area contributed by atoms with Crippen LogP contribution in [0.5, 0.6) is 0 Å². The second-order valence-electron chi connectivity index (χ2n) is 7.32. The van der Waals surface area contributed by atoms with Crippen LogP contribution in [0.2, 0.25) is 0 Å². The average Bonchev–Trinajstić information content (AvgIpc) is 3.32. The third-order valence-corrected chi connectivity index (χ3v) is 5.28. The number of aromatic nitrogens is 3. The highest BCUT2D eigenvalue weighted by Crippen LogP contribution is 2.48. The van der Waals surface area contributed by atoms with E-state index >= 15 is 0 Å². The van der Waals surface area contributed by atoms with Gasteiger partial charge in [-0.25, -0.2) is 19.0 Å². The first-order valence-electron chi connectivity index (χ1n) is 9.91. The van der Waals surface area contributed by atoms with Gasteiger partial charge < -0.3 is 10.6 Å². The molecule has 0 amide bonds. The third-order valence-electron chi connectivity index (χ3n) is 5.28. The smallest absolute Gasteiger partial charge is 0.191 e. The fourth-order valence-corrected chi connectivity index (χ4v) is 3.44. The monoisotopic (exact) mass is 392 g/mol. The summed E-state index contributed by atoms with van der Waals surface area (Å²) in [6.45, 7) is 4.03. The molecule has 1 saturated carbocycles. The normalized spacial score (nSPS) is 15.2. The van der Waals surface area contributed by atoms with Crippen molar-refractivity contribution < 1.29 is 4.39 Å². The molecule has 1 aromatic heterocycles. The van der Waals surface area contributed by atoms with Gasteiger partial charge in [-0.1, -0.05) is 30.3 Å². The van der Waals surface area contributed by atoms with Crippen molar-refractivity contribution in [1.82, 2.24) is 25.4 Å². The first kappa shape index (κ1) is 19.1. The van der Waals surface area contributed by atoms with Crippen LogP contribution in [0.1, 0.15) is 30.9 Å². The fraction of sp³-hybridized carbons (Fsp3) is 0.318. The summed E-state index contributed by atoms with van der Waals surface area (Å²) in [6, 6.07) is 15.1. The minimum atomic E-state index is -0.124. The van der Waals surface area contributed by atoms with Crippen molar-refractivity contribution in [2.24, 2.45) is 4.99 Å². The van der Waals surface area contributed by atoms with Crippen molar-refractivity contribution >= 4 is 5.96 Å². The van der Waals surface area contributed by atoms with E-state index in [0.29, 0.717) is 13.1 Å². The summed E-state index contributed by atoms with van der Waals surface area (Å²) < 4.78 is 15.9. The number of rotatable bonds is 7. The Kier molecular flexibility index (Phi) is 5.55. The Morgan fingerprint density at radius 1 is 1.14 bits per heavy atom. The summed E-state index contributed by atoms with van der Waals surface area (Å²) in [4.78, 5) is 8.65. The first-order valence-corrected chi connectivity index (χ1v) is 9.91. The number of nitrogens with zero attached hydrogens (tertiary/aromatic N) is 4. The van der Waals surface area contributed by atoms with Gasteiger partial charge in [0.15, 0.2) is 5.96 Å². The standard InChI is InChI=1S/C22H25FN6/c1-2-25-21(27-14-22(11-12-22)19-5-3-4-6-20(19)23)26-13-17-7-9-18(10-8-17)29-16-24-15-28-29/h3-10,15-16H,2,11-14H2,1H3,(H2,25,26,27). The van der Waals surface area contributed by atoms with Crippen molar-refractivity contribution in [3.05, 3.63) is 78.1 Å². The molecule has 0 unspecified atom stereocenters. The lowest BCUT2D eigenvalue weighted by Crippen LogP contribution is -2.41. The molecule has 0 bridgehead atoms. The van der Waals surface area contributed by atoms with Gasteiger partial charge in [-0.15, -0.1) is 0 Å². The van der Waals surface area contributed by atoms with Crippen LogP contribution in [0.4, 0.5) is 4.39 Å². The Labute approximate surface area is 169 Å². The molecule has 7 heteroatoms. The van der Waals surface area contributed by atoms with Gasteiger partial charge in [-0.05, 0) is 49.1 Å². The summed E-state index contributed by atoms with van der Waals surface area (Å²) in [7, 11) is 0. The Morgan fingerprint density at radius 2 is 1.93 bits per heavy atom. The maximum Gasteiger partial charge on any atom is 0.191 e. The quantitative estimate of drug-likeness (QED) is 0.479. The molecular weight excluding hydrogens is 367 g/mol. The molecule has 2 aromatic carbocycles. The molecule has 0 radical (unpaired) electrons. The van der Waals surface area contributed by atoms with Gasteiger partial charge in [0.1, 0.15) is 18.5 Å². The van der Waals surface area contributed by atoms with Crippen LogP contribution in [-0.4, -0.2) is 33.8 Å². The maximum atomic E-state index is 14.2. The Hall–Kier alpha value is -3.22. The molecular formula is C22H25FN6. The third kappa shape index (κ3) is 4.45. The van der Waals surface area contributed by atoms with Crippen molar-refractivity contribution in [3.63, 3.8) is 0 Å². The lowest BCUT2D eigenvalue weighted by molar-refractivity contribution is 0.559. The Morgan fingerprint density at radius 3 is 2.59 bits per heavy atom. The van der Waals surface area contributed by atoms with E-state index in [-0.39, 0.29) is 11.2 Å². The maximum absolute atomic E-state index is 14.2. The van der Waals surface area contributed by atoms with Crippen LogP contribution in [0.25, 0.3) is 5.69 Å². The molecule has 0 aliphatic heterocycles. The summed E-state index contributed by atoms with van der Waals surface area (Å²) in [5.41, 5.74) is 2.73. The Balaban J connectivity index is 1.40. The molecule has 1 aliphatic carbocycles. The van der Waals surface area contributed by atoms with Gasteiger partial charge in [0.2, 0.25) is 0 Å². The van der Waals surface area contributed by atoms with E-state index in [0.717, 1.165) is 42.2 Å². The van der Waals surface area contributed by atoms with Gasteiger partial charge in [-0.2, -0.15) is 5.10 Å². The van der Waals surface area contributed by atoms with Crippen LogP contribution in [-0.2, 0) is 12.0 Å². The lowest BCUT2D eigenvalue weighted by Gasteiger charge is -2.19. The molecule has 1 aliphatic rings. The highest BCUT2D eigenvalue weighted by Gasteiger charge is 2.45. The van der Waals surface area contributed by atoms with Crippen LogP contribution < -0.4 is 10.6 Å². The van der Waals surface area contributed by atoms with Crippen LogP contribution in [0.3, 0.4) is 0 Å². The molecule has 1 fully saturated rings. The number of halogens is 1. The summed E-state index contributed by atoms with van der Waals surface area (Å²) in [5, 5.41) is 10.8. The molecule has 1 heterocycles. The molecule has 4 rings (SSSR count). The van der Waals surface area contributed by atoms with Gasteiger partial charge in [0, 0.05) is 18.5 Å². The topological polar surface area (TPSA) is 67.1 Å². The highest BCUT2D eigenvalue weighted by atomic mass is 19.1. The van der Waals surface area contributed by atoms with Crippen molar-refractivity contribution in [1.29, 1.82) is 0 Å². The molecule has 3 aromatic rings. The number of aliphatic imine (C=N–C) groups is 1. The highest BCUT2D eigenvalue weighted by molar-refractivity contribution is 5.80. The zero-order valence-corrected chi connectivity index (χ0v) is 16.5. The van der Waals surface area contributed by atoms with Gasteiger partial charge in [0.05, 0.1) is 12.2 Å². The largest absolute Gasteiger partial charge is 0.357 e. The van der Waals surface area contributed by atoms with Gasteiger partial charge in [-0.3, -0.25) is 0 Å². The van der Waals surface area contributed by atoms with E-state index in [4.69, 9.17) is 0 Å². The predicted molar refractivity (Wildman–Crippen MR) is 111 cm³/mol. The van der Waals surface area contributed by atoms with Crippen LogP contribution in [0.15, 0.2) is 66.2 Å². The van der Waals surface area contributed by atoms with Crippen molar-refractivity contribution in [2.75, 3.05) is 13.1 Å². The minimum Gasteiger partial charge on any atom is -0.357 e. The fourth-order valence-electron chi connectivity index (χ4n) is 3.44. The predicted octanol–water partition coefficient (Wildman–Crippen LogP) is 3.19. The second-order valence-corrected chi connectivity index (χ2v) is 7.32. The number of nitrogens with one attached hydrogen (secondary N) is 2. The van der Waals surface area contributed by atoms with Gasteiger partial charge in [0.25, 0.3) is 0 Å². The van der Waals surface area contributed by atoms with Crippen LogP contribution in [0, 0.1) is 5.82 Å². The van der Waals surface area contributed by atoms with E-state index in [1.807, 2.05) is 43.3 Å². The van der Waals surface area contributed by atoms with Gasteiger partial charge >= 0.3 is 0 Å². The molecule has 0 saturated heterocycles. The first-order chi connectivity index (χ1) is 14.2. The van der Waals surface area contributed by atoms with E-state index < -0.39 is 0 Å². The second kappa shape index (κ2) is 8.43. The SMILES string of the molecule is CCNC(=NCc1ccc(-n2cncn2)cc1)NCC1(c2ccccc2F)CC1. The average molecular weight is 392 g/mol. The molecule has 150 valence electrons. The summed E-state index contributed by atoms with van der Waals surface area (Å²) in [6.07, 6.45) is 5.17. The van der Waals surface area contributed by atoms with E-state index in [1.165, 1.54) is 12.4 Å². The van der Waals surface area contributed by atoms with Crippen LogP contribution >= 0.6 is 0 Å². The summed E-state index contributed by atoms with van der Waals surface area (Å²) >= 11 is 0. The van der Waals surface area contributed by atoms with E-state index in [1.54, 1.807) is 17.1 Å². The number of benzene rings is 2. The molecule has 0 atom stereocenters. The van der Waals surface area contributed by atoms with Crippen molar-refractivity contribution in [3.8, 4) is 5.69 Å². The number of hydrogen-bond acceptors (Lipinski definition) is 3. The Bertz CT molecular complexity index is 961. The van der Waals surface area contributed by atoms with E-state index in [2.05, 4.69) is 25.7 Å². The molecule has 29 heavy (non-hydrogen) atoms. The zero-order valence-electron chi connectivity index (χ0n) is 16.5. The number of hydrogen-bond donors (Lipinski definition) is 2. The molecule has 2 N–H and O–H groups in total. The van der Waals surface area contributed by atoms with E-state index in [9.17, 15) is 4.39 Å². The molecule has 6 nitrogen and oxygen atoms in total. The summed E-state index contributed by atoms with van der Waals surface area (Å²) in [5.74, 6) is 0.622. The number of guanidine groups is 1. The lowest BCUT2D eigenvalue weighted by atomic mass is 9.95. The zero-order chi connectivity index (χ0) is 20.1. The minimum absolute atomic E-state index is 0.124.